The van der Waals surface area contributed by atoms with Gasteiger partial charge in [-0.05, 0) is 47.7 Å². The second-order valence-electron chi connectivity index (χ2n) is 8.45. The van der Waals surface area contributed by atoms with Crippen LogP contribution in [0.2, 0.25) is 0 Å². The molecule has 152 valence electrons. The van der Waals surface area contributed by atoms with E-state index in [2.05, 4.69) is 96.0 Å². The molecule has 0 aliphatic carbocycles. The molecule has 0 spiro atoms. The van der Waals surface area contributed by atoms with Crippen LogP contribution in [0.4, 0.5) is 0 Å². The second kappa shape index (κ2) is 8.44. The molecule has 0 unspecified atom stereocenters. The summed E-state index contributed by atoms with van der Waals surface area (Å²) in [5.74, 6) is 1.66. The minimum absolute atomic E-state index is 0.163. The summed E-state index contributed by atoms with van der Waals surface area (Å²) in [6.07, 6.45) is 3.57. The highest BCUT2D eigenvalue weighted by atomic mass is 32.2. The molecule has 0 aliphatic rings. The van der Waals surface area contributed by atoms with Crippen molar-refractivity contribution in [2.45, 2.75) is 44.0 Å². The Balaban J connectivity index is 1.65. The van der Waals surface area contributed by atoms with Crippen molar-refractivity contribution in [2.75, 3.05) is 0 Å². The molecule has 5 heteroatoms. The average Bonchev–Trinajstić information content (AvgIpc) is 3.17. The normalized spacial score (nSPS) is 11.6. The molecule has 0 saturated heterocycles. The summed E-state index contributed by atoms with van der Waals surface area (Å²) in [4.78, 5) is 4.13. The van der Waals surface area contributed by atoms with Crippen LogP contribution in [0.25, 0.3) is 17.1 Å². The van der Waals surface area contributed by atoms with Crippen LogP contribution in [-0.2, 0) is 11.2 Å². The molecule has 0 amide bonds. The number of thioether (sulfide) groups is 1. The summed E-state index contributed by atoms with van der Waals surface area (Å²) in [5.41, 5.74) is 6.07. The zero-order valence-electron chi connectivity index (χ0n) is 17.8. The average molecular weight is 415 g/mol. The molecule has 30 heavy (non-hydrogen) atoms. The third-order valence-corrected chi connectivity index (χ3v) is 6.05. The number of hydrogen-bond acceptors (Lipinski definition) is 4. The topological polar surface area (TPSA) is 43.6 Å². The molecular weight excluding hydrogens is 388 g/mol. The lowest BCUT2D eigenvalue weighted by molar-refractivity contribution is 0.590. The first kappa shape index (κ1) is 20.4. The first-order chi connectivity index (χ1) is 14.4. The van der Waals surface area contributed by atoms with E-state index in [9.17, 15) is 0 Å². The van der Waals surface area contributed by atoms with E-state index >= 15 is 0 Å². The van der Waals surface area contributed by atoms with Crippen LogP contribution in [-0.4, -0.2) is 19.7 Å². The van der Waals surface area contributed by atoms with Crippen LogP contribution in [0, 0.1) is 6.92 Å². The van der Waals surface area contributed by atoms with Gasteiger partial charge in [0.25, 0.3) is 0 Å². The van der Waals surface area contributed by atoms with Crippen molar-refractivity contribution in [3.63, 3.8) is 0 Å². The quantitative estimate of drug-likeness (QED) is 0.363. The number of nitrogens with zero attached hydrogens (tertiary/aromatic N) is 4. The van der Waals surface area contributed by atoms with E-state index in [-0.39, 0.29) is 5.41 Å². The summed E-state index contributed by atoms with van der Waals surface area (Å²) < 4.78 is 2.13. The second-order valence-corrected chi connectivity index (χ2v) is 9.39. The number of benzene rings is 2. The third-order valence-electron chi connectivity index (χ3n) is 5.05. The number of rotatable bonds is 5. The molecule has 0 fully saturated rings. The Morgan fingerprint density at radius 3 is 2.13 bits per heavy atom. The van der Waals surface area contributed by atoms with Gasteiger partial charge in [0.2, 0.25) is 0 Å². The molecule has 4 nitrogen and oxygen atoms in total. The number of aryl methyl sites for hydroxylation is 1. The van der Waals surface area contributed by atoms with Gasteiger partial charge in [0.05, 0.1) is 0 Å². The van der Waals surface area contributed by atoms with Crippen molar-refractivity contribution >= 4 is 11.8 Å². The van der Waals surface area contributed by atoms with Crippen molar-refractivity contribution in [1.82, 2.24) is 19.7 Å². The van der Waals surface area contributed by atoms with Crippen LogP contribution >= 0.6 is 11.8 Å². The van der Waals surface area contributed by atoms with Gasteiger partial charge in [0, 0.05) is 29.4 Å². The van der Waals surface area contributed by atoms with E-state index in [1.807, 2.05) is 12.1 Å². The summed E-state index contributed by atoms with van der Waals surface area (Å²) >= 11 is 1.70. The Hall–Kier alpha value is -2.92. The minimum Gasteiger partial charge on any atom is -0.270 e. The summed E-state index contributed by atoms with van der Waals surface area (Å²) in [6, 6.07) is 21.3. The fraction of sp³-hybridized carbons (Fsp3) is 0.240. The van der Waals surface area contributed by atoms with Crippen molar-refractivity contribution in [2.24, 2.45) is 0 Å². The molecule has 0 N–H and O–H groups in total. The molecule has 2 heterocycles. The van der Waals surface area contributed by atoms with Gasteiger partial charge in [-0.3, -0.25) is 9.55 Å². The van der Waals surface area contributed by atoms with E-state index in [1.54, 1.807) is 24.2 Å². The Morgan fingerprint density at radius 1 is 0.833 bits per heavy atom. The van der Waals surface area contributed by atoms with Gasteiger partial charge in [-0.15, -0.1) is 10.2 Å². The van der Waals surface area contributed by atoms with Crippen LogP contribution in [0.1, 0.15) is 37.5 Å². The maximum absolute atomic E-state index is 4.52. The lowest BCUT2D eigenvalue weighted by atomic mass is 9.87. The molecule has 0 atom stereocenters. The molecule has 2 aromatic heterocycles. The molecule has 0 aliphatic heterocycles. The summed E-state index contributed by atoms with van der Waals surface area (Å²) in [7, 11) is 0. The van der Waals surface area contributed by atoms with Gasteiger partial charge in [-0.25, -0.2) is 0 Å². The molecule has 0 radical (unpaired) electrons. The van der Waals surface area contributed by atoms with Gasteiger partial charge in [-0.1, -0.05) is 74.5 Å². The Kier molecular flexibility index (Phi) is 5.73. The molecule has 0 bridgehead atoms. The van der Waals surface area contributed by atoms with E-state index in [0.29, 0.717) is 0 Å². The van der Waals surface area contributed by atoms with E-state index in [0.717, 1.165) is 28.0 Å². The largest absolute Gasteiger partial charge is 0.270 e. The number of hydrogen-bond donors (Lipinski definition) is 0. The minimum atomic E-state index is 0.163. The maximum Gasteiger partial charge on any atom is 0.196 e. The molecule has 0 saturated carbocycles. The van der Waals surface area contributed by atoms with E-state index in [4.69, 9.17) is 0 Å². The first-order valence-electron chi connectivity index (χ1n) is 10.1. The van der Waals surface area contributed by atoms with Gasteiger partial charge < -0.3 is 0 Å². The summed E-state index contributed by atoms with van der Waals surface area (Å²) in [5, 5.41) is 9.91. The smallest absolute Gasteiger partial charge is 0.196 e. The van der Waals surface area contributed by atoms with E-state index in [1.165, 1.54) is 16.7 Å². The predicted octanol–water partition coefficient (Wildman–Crippen LogP) is 6.23. The maximum atomic E-state index is 4.52. The Labute approximate surface area is 182 Å². The zero-order valence-corrected chi connectivity index (χ0v) is 18.6. The van der Waals surface area contributed by atoms with Gasteiger partial charge in [0.15, 0.2) is 11.0 Å². The van der Waals surface area contributed by atoms with Crippen LogP contribution in [0.5, 0.6) is 0 Å². The Bertz CT molecular complexity index is 1110. The standard InChI is InChI=1S/C25H26N4S/c1-18-5-11-22(12-6-18)29-23(20-13-15-26-16-14-20)27-28-24(29)30-17-19-7-9-21(10-8-19)25(2,3)4/h5-16H,17H2,1-4H3. The zero-order chi connectivity index (χ0) is 21.1. The van der Waals surface area contributed by atoms with Gasteiger partial charge in [-0.2, -0.15) is 0 Å². The van der Waals surface area contributed by atoms with Crippen molar-refractivity contribution in [1.29, 1.82) is 0 Å². The van der Waals surface area contributed by atoms with Crippen molar-refractivity contribution in [3.05, 3.63) is 89.7 Å². The van der Waals surface area contributed by atoms with E-state index < -0.39 is 0 Å². The SMILES string of the molecule is Cc1ccc(-n2c(SCc3ccc(C(C)(C)C)cc3)nnc2-c2ccncc2)cc1. The lowest BCUT2D eigenvalue weighted by Gasteiger charge is -2.19. The third kappa shape index (κ3) is 4.46. The molecule has 2 aromatic carbocycles. The lowest BCUT2D eigenvalue weighted by Crippen LogP contribution is -2.10. The highest BCUT2D eigenvalue weighted by Gasteiger charge is 2.17. The fourth-order valence-corrected chi connectivity index (χ4v) is 4.13. The summed E-state index contributed by atoms with van der Waals surface area (Å²) in [6.45, 7) is 8.81. The van der Waals surface area contributed by atoms with Gasteiger partial charge >= 0.3 is 0 Å². The fourth-order valence-electron chi connectivity index (χ4n) is 3.23. The van der Waals surface area contributed by atoms with Gasteiger partial charge in [0.1, 0.15) is 0 Å². The highest BCUT2D eigenvalue weighted by molar-refractivity contribution is 7.98. The van der Waals surface area contributed by atoms with Crippen molar-refractivity contribution < 1.29 is 0 Å². The molecule has 4 rings (SSSR count). The molecule has 4 aromatic rings. The van der Waals surface area contributed by atoms with Crippen LogP contribution in [0.15, 0.2) is 78.2 Å². The number of pyridine rings is 1. The van der Waals surface area contributed by atoms with Crippen LogP contribution < -0.4 is 0 Å². The predicted molar refractivity (Wildman–Crippen MR) is 124 cm³/mol. The molecular formula is C25H26N4S. The van der Waals surface area contributed by atoms with Crippen molar-refractivity contribution in [3.8, 4) is 17.1 Å². The number of aromatic nitrogens is 4. The van der Waals surface area contributed by atoms with Crippen LogP contribution in [0.3, 0.4) is 0 Å². The highest BCUT2D eigenvalue weighted by Crippen LogP contribution is 2.30. The first-order valence-corrected chi connectivity index (χ1v) is 11.1. The monoisotopic (exact) mass is 414 g/mol. The Morgan fingerprint density at radius 2 is 1.50 bits per heavy atom.